The van der Waals surface area contributed by atoms with Crippen LogP contribution in [0.4, 0.5) is 27.6 Å². The van der Waals surface area contributed by atoms with Crippen LogP contribution < -0.4 is 14.8 Å². The Bertz CT molecular complexity index is 1980. The monoisotopic (exact) mass is 715 g/mol. The van der Waals surface area contributed by atoms with Gasteiger partial charge in [0.25, 0.3) is 11.8 Å². The number of alkyl halides is 3. The highest BCUT2D eigenvalue weighted by Gasteiger charge is 2.28. The number of anilines is 1. The van der Waals surface area contributed by atoms with Gasteiger partial charge < -0.3 is 24.3 Å². The first kappa shape index (κ1) is 36.1. The van der Waals surface area contributed by atoms with E-state index in [1.807, 2.05) is 12.1 Å². The van der Waals surface area contributed by atoms with Gasteiger partial charge in [0.2, 0.25) is 5.88 Å². The summed E-state index contributed by atoms with van der Waals surface area (Å²) < 4.78 is 76.7. The van der Waals surface area contributed by atoms with Crippen molar-refractivity contribution >= 4 is 40.8 Å². The van der Waals surface area contributed by atoms with Gasteiger partial charge in [-0.05, 0) is 54.1 Å². The van der Waals surface area contributed by atoms with Crippen LogP contribution in [0.25, 0.3) is 10.9 Å². The first-order valence-corrected chi connectivity index (χ1v) is 15.2. The fraction of sp³-hybridized carbons (Fsp3) is 0.229. The van der Waals surface area contributed by atoms with Crippen LogP contribution in [0.5, 0.6) is 17.4 Å². The van der Waals surface area contributed by atoms with Crippen LogP contribution in [-0.2, 0) is 13.6 Å². The number of aryl methyl sites for hydroxylation is 1. The van der Waals surface area contributed by atoms with Crippen molar-refractivity contribution in [3.05, 3.63) is 114 Å². The first-order valence-electron chi connectivity index (χ1n) is 15.2. The number of pyridine rings is 1. The van der Waals surface area contributed by atoms with Crippen molar-refractivity contribution in [2.75, 3.05) is 38.1 Å². The summed E-state index contributed by atoms with van der Waals surface area (Å²) in [6.07, 6.45) is -3.05. The average molecular weight is 716 g/mol. The number of aromatic nitrogens is 2. The summed E-state index contributed by atoms with van der Waals surface area (Å²) in [5.41, 5.74) is 2.20. The maximum Gasteiger partial charge on any atom is 0.422 e. The minimum absolute atomic E-state index is 0. The fourth-order valence-electron chi connectivity index (χ4n) is 5.47. The van der Waals surface area contributed by atoms with E-state index in [1.54, 1.807) is 40.8 Å². The zero-order valence-corrected chi connectivity index (χ0v) is 27.4. The highest BCUT2D eigenvalue weighted by atomic mass is 35.5. The third kappa shape index (κ3) is 8.68. The summed E-state index contributed by atoms with van der Waals surface area (Å²) in [7, 11) is 1.80. The highest BCUT2D eigenvalue weighted by Crippen LogP contribution is 2.28. The number of carbonyl (C=O) groups is 2. The Morgan fingerprint density at radius 1 is 0.880 bits per heavy atom. The molecule has 0 radical (unpaired) electrons. The topological polar surface area (TPSA) is 88.9 Å². The number of carbonyl (C=O) groups excluding carboxylic acids is 2. The van der Waals surface area contributed by atoms with Gasteiger partial charge in [-0.15, -0.1) is 12.4 Å². The van der Waals surface area contributed by atoms with Gasteiger partial charge >= 0.3 is 6.18 Å². The van der Waals surface area contributed by atoms with Gasteiger partial charge in [0.1, 0.15) is 28.8 Å². The van der Waals surface area contributed by atoms with Gasteiger partial charge in [-0.1, -0.05) is 12.1 Å². The van der Waals surface area contributed by atoms with Crippen molar-refractivity contribution in [2.24, 2.45) is 7.05 Å². The van der Waals surface area contributed by atoms with Crippen LogP contribution in [0.15, 0.2) is 85.1 Å². The standard InChI is InChI=1S/C35H30F5N5O4.ClH/c1-43-30-18-27(49-32-11-6-25(19-41-32)42-33(46)28-10-5-24(36)17-29(28)37)9-4-23(30)16-31(43)34(47)45-14-12-44(13-15-45)20-22-2-7-26(8-3-22)48-21-35(38,39)40;/h2-11,16-19H,12-15,20-21H2,1H3,(H,42,46);1H. The maximum absolute atomic E-state index is 13.9. The number of halogens is 6. The molecule has 6 rings (SSSR count). The Morgan fingerprint density at radius 3 is 2.26 bits per heavy atom. The number of nitrogens with zero attached hydrogens (tertiary/aromatic N) is 4. The Morgan fingerprint density at radius 2 is 1.60 bits per heavy atom. The van der Waals surface area contributed by atoms with Crippen LogP contribution in [0.1, 0.15) is 26.4 Å². The lowest BCUT2D eigenvalue weighted by molar-refractivity contribution is -0.153. The van der Waals surface area contributed by atoms with Crippen molar-refractivity contribution in [3.8, 4) is 17.4 Å². The second kappa shape index (κ2) is 15.1. The van der Waals surface area contributed by atoms with E-state index in [2.05, 4.69) is 15.2 Å². The molecule has 2 aromatic heterocycles. The Hall–Kier alpha value is -5.21. The number of rotatable bonds is 9. The van der Waals surface area contributed by atoms with E-state index < -0.39 is 30.3 Å². The molecule has 0 bridgehead atoms. The van der Waals surface area contributed by atoms with Gasteiger partial charge in [-0.25, -0.2) is 13.8 Å². The molecule has 1 aliphatic heterocycles. The van der Waals surface area contributed by atoms with E-state index in [0.29, 0.717) is 50.2 Å². The Labute approximate surface area is 289 Å². The number of amides is 2. The number of ether oxygens (including phenoxy) is 2. The number of hydrogen-bond donors (Lipinski definition) is 1. The van der Waals surface area contributed by atoms with E-state index in [-0.39, 0.29) is 41.2 Å². The summed E-state index contributed by atoms with van der Waals surface area (Å²) in [4.78, 5) is 34.1. The van der Waals surface area contributed by atoms with Crippen molar-refractivity contribution in [2.45, 2.75) is 12.7 Å². The van der Waals surface area contributed by atoms with Crippen LogP contribution in [-0.4, -0.2) is 70.1 Å². The summed E-state index contributed by atoms with van der Waals surface area (Å²) >= 11 is 0. The molecule has 0 saturated carbocycles. The summed E-state index contributed by atoms with van der Waals surface area (Å²) in [5.74, 6) is -1.76. The van der Waals surface area contributed by atoms with Gasteiger partial charge in [0.05, 0.1) is 23.0 Å². The Kier molecular flexibility index (Phi) is 10.9. The van der Waals surface area contributed by atoms with Crippen molar-refractivity contribution in [3.63, 3.8) is 0 Å². The number of benzene rings is 3. The SMILES string of the molecule is Cl.Cn1c(C(=O)N2CCN(Cc3ccc(OCC(F)(F)F)cc3)CC2)cc2ccc(Oc3ccc(NC(=O)c4ccc(F)cc4F)cn3)cc21. The Balaban J connectivity index is 0.00000486. The van der Waals surface area contributed by atoms with Crippen LogP contribution in [0.3, 0.4) is 0 Å². The lowest BCUT2D eigenvalue weighted by Gasteiger charge is -2.34. The molecule has 262 valence electrons. The second-order valence-electron chi connectivity index (χ2n) is 11.5. The summed E-state index contributed by atoms with van der Waals surface area (Å²) in [6, 6.07) is 19.5. The van der Waals surface area contributed by atoms with Crippen LogP contribution >= 0.6 is 12.4 Å². The lowest BCUT2D eigenvalue weighted by Crippen LogP contribution is -2.48. The molecule has 9 nitrogen and oxygen atoms in total. The molecule has 15 heteroatoms. The smallest absolute Gasteiger partial charge is 0.422 e. The van der Waals surface area contributed by atoms with Crippen LogP contribution in [0.2, 0.25) is 0 Å². The molecule has 0 aliphatic carbocycles. The van der Waals surface area contributed by atoms with E-state index in [1.165, 1.54) is 30.5 Å². The summed E-state index contributed by atoms with van der Waals surface area (Å²) in [5, 5.41) is 3.36. The zero-order valence-electron chi connectivity index (χ0n) is 26.5. The molecule has 1 fully saturated rings. The second-order valence-corrected chi connectivity index (χ2v) is 11.5. The first-order chi connectivity index (χ1) is 23.4. The van der Waals surface area contributed by atoms with E-state index in [4.69, 9.17) is 9.47 Å². The van der Waals surface area contributed by atoms with Crippen LogP contribution in [0, 0.1) is 11.6 Å². The normalized spacial score (nSPS) is 13.5. The molecular weight excluding hydrogens is 685 g/mol. The fourth-order valence-corrected chi connectivity index (χ4v) is 5.47. The average Bonchev–Trinajstić information content (AvgIpc) is 3.40. The largest absolute Gasteiger partial charge is 0.484 e. The minimum atomic E-state index is -4.39. The zero-order chi connectivity index (χ0) is 34.7. The van der Waals surface area contributed by atoms with Crippen molar-refractivity contribution < 1.29 is 41.0 Å². The lowest BCUT2D eigenvalue weighted by atomic mass is 10.2. The van der Waals surface area contributed by atoms with E-state index in [9.17, 15) is 31.5 Å². The molecule has 5 aromatic rings. The van der Waals surface area contributed by atoms with Crippen molar-refractivity contribution in [1.82, 2.24) is 19.4 Å². The summed E-state index contributed by atoms with van der Waals surface area (Å²) in [6.45, 7) is 1.57. The predicted octanol–water partition coefficient (Wildman–Crippen LogP) is 7.22. The van der Waals surface area contributed by atoms with Gasteiger partial charge in [-0.2, -0.15) is 13.2 Å². The number of piperazine rings is 1. The molecule has 0 spiro atoms. The minimum Gasteiger partial charge on any atom is -0.484 e. The quantitative estimate of drug-likeness (QED) is 0.162. The third-order valence-corrected chi connectivity index (χ3v) is 8.02. The van der Waals surface area contributed by atoms with Gasteiger partial charge in [0, 0.05) is 63.4 Å². The van der Waals surface area contributed by atoms with Gasteiger partial charge in [-0.3, -0.25) is 14.5 Å². The van der Waals surface area contributed by atoms with E-state index >= 15 is 0 Å². The molecule has 3 heterocycles. The molecule has 2 amide bonds. The molecule has 0 atom stereocenters. The number of fused-ring (bicyclic) bond motifs is 1. The molecule has 1 N–H and O–H groups in total. The number of hydrogen-bond acceptors (Lipinski definition) is 6. The molecule has 1 saturated heterocycles. The van der Waals surface area contributed by atoms with E-state index in [0.717, 1.165) is 28.6 Å². The number of nitrogens with one attached hydrogen (secondary N) is 1. The maximum atomic E-state index is 13.9. The molecule has 50 heavy (non-hydrogen) atoms. The molecule has 3 aromatic carbocycles. The predicted molar refractivity (Wildman–Crippen MR) is 178 cm³/mol. The molecular formula is C35H31ClF5N5O4. The third-order valence-electron chi connectivity index (χ3n) is 8.02. The molecule has 0 unspecified atom stereocenters. The highest BCUT2D eigenvalue weighted by molar-refractivity contribution is 6.04. The molecule has 1 aliphatic rings. The van der Waals surface area contributed by atoms with Crippen molar-refractivity contribution in [1.29, 1.82) is 0 Å². The van der Waals surface area contributed by atoms with Gasteiger partial charge in [0.15, 0.2) is 6.61 Å².